The second-order valence-corrected chi connectivity index (χ2v) is 3.38. The van der Waals surface area contributed by atoms with Gasteiger partial charge in [0.25, 0.3) is 0 Å². The van der Waals surface area contributed by atoms with Crippen LogP contribution in [0.15, 0.2) is 12.2 Å². The largest absolute Gasteiger partial charge is 0.0885 e. The van der Waals surface area contributed by atoms with Gasteiger partial charge < -0.3 is 0 Å². The molecule has 0 N–H and O–H groups in total. The summed E-state index contributed by atoms with van der Waals surface area (Å²) in [5.74, 6) is 1.47. The van der Waals surface area contributed by atoms with Crippen molar-refractivity contribution >= 4 is 0 Å². The van der Waals surface area contributed by atoms with Crippen molar-refractivity contribution in [3.63, 3.8) is 0 Å². The molecule has 1 aliphatic carbocycles. The molecule has 0 bridgehead atoms. The third kappa shape index (κ3) is 2.17. The topological polar surface area (TPSA) is 0 Å². The van der Waals surface area contributed by atoms with Crippen LogP contribution in [0.5, 0.6) is 0 Å². The molecule has 0 spiro atoms. The van der Waals surface area contributed by atoms with Gasteiger partial charge >= 0.3 is 0 Å². The first-order valence-electron chi connectivity index (χ1n) is 4.29. The van der Waals surface area contributed by atoms with Gasteiger partial charge in [0.05, 0.1) is 0 Å². The Hall–Kier alpha value is -0.260. The van der Waals surface area contributed by atoms with Gasteiger partial charge in [-0.3, -0.25) is 0 Å². The summed E-state index contributed by atoms with van der Waals surface area (Å²) in [5.41, 5.74) is 0. The van der Waals surface area contributed by atoms with Crippen molar-refractivity contribution in [3.8, 4) is 0 Å². The van der Waals surface area contributed by atoms with Crippen molar-refractivity contribution < 1.29 is 0 Å². The van der Waals surface area contributed by atoms with Gasteiger partial charge in [-0.1, -0.05) is 19.1 Å². The van der Waals surface area contributed by atoms with E-state index in [0.29, 0.717) is 5.92 Å². The first kappa shape index (κ1) is 7.84. The van der Waals surface area contributed by atoms with Crippen molar-refractivity contribution in [3.05, 3.63) is 19.1 Å². The maximum Gasteiger partial charge on any atom is -0.0322 e. The average molecular weight is 137 g/mol. The monoisotopic (exact) mass is 137 g/mol. The zero-order valence-electron chi connectivity index (χ0n) is 6.84. The lowest BCUT2D eigenvalue weighted by Gasteiger charge is -2.19. The van der Waals surface area contributed by atoms with Gasteiger partial charge in [0.1, 0.15) is 0 Å². The Bertz CT molecular complexity index is 113. The van der Waals surface area contributed by atoms with Gasteiger partial charge in [0.15, 0.2) is 0 Å². The molecule has 57 valence electrons. The maximum atomic E-state index is 4.15. The highest BCUT2D eigenvalue weighted by Gasteiger charge is 2.11. The molecule has 0 heterocycles. The lowest BCUT2D eigenvalue weighted by Crippen LogP contribution is -2.08. The Morgan fingerprint density at radius 1 is 1.40 bits per heavy atom. The van der Waals surface area contributed by atoms with E-state index in [1.54, 1.807) is 0 Å². The molecule has 0 aromatic heterocycles. The molecule has 2 unspecified atom stereocenters. The lowest BCUT2D eigenvalue weighted by atomic mass is 9.87. The van der Waals surface area contributed by atoms with Crippen LogP contribution in [0, 0.1) is 18.8 Å². The molecule has 0 saturated heterocycles. The van der Waals surface area contributed by atoms with Crippen LogP contribution in [-0.4, -0.2) is 0 Å². The quantitative estimate of drug-likeness (QED) is 0.450. The van der Waals surface area contributed by atoms with Gasteiger partial charge in [-0.15, -0.1) is 0 Å². The molecule has 1 aliphatic rings. The lowest BCUT2D eigenvalue weighted by molar-refractivity contribution is 0.390. The summed E-state index contributed by atoms with van der Waals surface area (Å²) >= 11 is 0. The normalized spacial score (nSPS) is 38.2. The number of hydrogen-bond donors (Lipinski definition) is 0. The molecule has 0 heteroatoms. The van der Waals surface area contributed by atoms with Crippen molar-refractivity contribution in [2.75, 3.05) is 0 Å². The third-order valence-electron chi connectivity index (χ3n) is 2.42. The molecule has 0 amide bonds. The molecule has 0 aromatic rings. The minimum Gasteiger partial charge on any atom is -0.0885 e. The molecular weight excluding hydrogens is 120 g/mol. The molecular formula is C10H17. The van der Waals surface area contributed by atoms with E-state index in [0.717, 1.165) is 5.92 Å². The molecule has 1 rings (SSSR count). The van der Waals surface area contributed by atoms with Gasteiger partial charge in [0.2, 0.25) is 0 Å². The van der Waals surface area contributed by atoms with Crippen LogP contribution in [0.3, 0.4) is 0 Å². The summed E-state index contributed by atoms with van der Waals surface area (Å²) in [6.45, 7) is 6.45. The fourth-order valence-electron chi connectivity index (χ4n) is 1.40. The van der Waals surface area contributed by atoms with E-state index in [2.05, 4.69) is 26.0 Å². The van der Waals surface area contributed by atoms with E-state index >= 15 is 0 Å². The molecule has 0 saturated carbocycles. The highest BCUT2D eigenvalue weighted by Crippen LogP contribution is 2.23. The van der Waals surface area contributed by atoms with E-state index in [9.17, 15) is 0 Å². The van der Waals surface area contributed by atoms with Crippen LogP contribution < -0.4 is 0 Å². The smallest absolute Gasteiger partial charge is 0.0322 e. The van der Waals surface area contributed by atoms with E-state index in [-0.39, 0.29) is 0 Å². The van der Waals surface area contributed by atoms with E-state index < -0.39 is 0 Å². The van der Waals surface area contributed by atoms with E-state index in [4.69, 9.17) is 0 Å². The van der Waals surface area contributed by atoms with E-state index in [1.165, 1.54) is 25.7 Å². The van der Waals surface area contributed by atoms with Crippen LogP contribution in [-0.2, 0) is 0 Å². The highest BCUT2D eigenvalue weighted by molar-refractivity contribution is 4.88. The number of hydrogen-bond acceptors (Lipinski definition) is 0. The van der Waals surface area contributed by atoms with Crippen molar-refractivity contribution in [1.82, 2.24) is 0 Å². The minimum absolute atomic E-state index is 0.685. The van der Waals surface area contributed by atoms with Gasteiger partial charge in [-0.2, -0.15) is 0 Å². The Kier molecular flexibility index (Phi) is 2.98. The second kappa shape index (κ2) is 3.80. The fourth-order valence-corrected chi connectivity index (χ4v) is 1.40. The SMILES string of the molecule is [CH2]C1CCC/C=C\CC1C. The first-order chi connectivity index (χ1) is 4.80. The Balaban J connectivity index is 2.41. The summed E-state index contributed by atoms with van der Waals surface area (Å²) in [7, 11) is 0. The predicted molar refractivity (Wildman–Crippen MR) is 45.6 cm³/mol. The van der Waals surface area contributed by atoms with Crippen LogP contribution >= 0.6 is 0 Å². The molecule has 0 fully saturated rings. The van der Waals surface area contributed by atoms with Crippen LogP contribution in [0.2, 0.25) is 0 Å². The molecule has 0 aliphatic heterocycles. The van der Waals surface area contributed by atoms with E-state index in [1.807, 2.05) is 0 Å². The second-order valence-electron chi connectivity index (χ2n) is 3.38. The zero-order chi connectivity index (χ0) is 7.40. The van der Waals surface area contributed by atoms with Crippen molar-refractivity contribution in [1.29, 1.82) is 0 Å². The maximum absolute atomic E-state index is 4.15. The van der Waals surface area contributed by atoms with Gasteiger partial charge in [-0.05, 0) is 44.4 Å². The zero-order valence-corrected chi connectivity index (χ0v) is 6.84. The number of rotatable bonds is 0. The van der Waals surface area contributed by atoms with Gasteiger partial charge in [0, 0.05) is 0 Å². The summed E-state index contributed by atoms with van der Waals surface area (Å²) in [4.78, 5) is 0. The summed E-state index contributed by atoms with van der Waals surface area (Å²) in [5, 5.41) is 0. The third-order valence-corrected chi connectivity index (χ3v) is 2.42. The van der Waals surface area contributed by atoms with Crippen LogP contribution in [0.1, 0.15) is 32.6 Å². The Morgan fingerprint density at radius 2 is 2.20 bits per heavy atom. The molecule has 1 radical (unpaired) electrons. The van der Waals surface area contributed by atoms with Crippen molar-refractivity contribution in [2.45, 2.75) is 32.6 Å². The standard InChI is InChI=1S/C10H17/c1-9-7-5-3-4-6-8-10(9)2/h4,6,9-10H,1,3,5,7-8H2,2H3/b6-4-. The Labute approximate surface area is 64.3 Å². The highest BCUT2D eigenvalue weighted by atomic mass is 14.2. The summed E-state index contributed by atoms with van der Waals surface area (Å²) < 4.78 is 0. The number of allylic oxidation sites excluding steroid dienone is 2. The summed E-state index contributed by atoms with van der Waals surface area (Å²) in [6, 6.07) is 0. The van der Waals surface area contributed by atoms with Crippen LogP contribution in [0.25, 0.3) is 0 Å². The van der Waals surface area contributed by atoms with Crippen LogP contribution in [0.4, 0.5) is 0 Å². The minimum atomic E-state index is 0.685. The first-order valence-corrected chi connectivity index (χ1v) is 4.29. The molecule has 10 heavy (non-hydrogen) atoms. The Morgan fingerprint density at radius 3 is 3.00 bits per heavy atom. The predicted octanol–water partition coefficient (Wildman–Crippen LogP) is 3.20. The van der Waals surface area contributed by atoms with Crippen molar-refractivity contribution in [2.24, 2.45) is 11.8 Å². The summed E-state index contributed by atoms with van der Waals surface area (Å²) in [6.07, 6.45) is 9.75. The molecule has 0 nitrogen and oxygen atoms in total. The molecule has 2 atom stereocenters. The molecule has 0 aromatic carbocycles. The van der Waals surface area contributed by atoms with Gasteiger partial charge in [-0.25, -0.2) is 0 Å². The fraction of sp³-hybridized carbons (Fsp3) is 0.700. The average Bonchev–Trinajstić information content (AvgIpc) is 1.92.